The van der Waals surface area contributed by atoms with Crippen LogP contribution in [0.4, 0.5) is 5.13 Å². The third-order valence-corrected chi connectivity index (χ3v) is 6.86. The molecule has 3 aromatic rings. The lowest BCUT2D eigenvalue weighted by Crippen LogP contribution is -2.27. The number of benzene rings is 1. The Labute approximate surface area is 188 Å². The van der Waals surface area contributed by atoms with Crippen LogP contribution in [0.5, 0.6) is 5.75 Å². The predicted molar refractivity (Wildman–Crippen MR) is 119 cm³/mol. The van der Waals surface area contributed by atoms with E-state index in [0.717, 1.165) is 34.6 Å². The minimum Gasteiger partial charge on any atom is -0.484 e. The fourth-order valence-corrected chi connectivity index (χ4v) is 5.17. The molecule has 0 radical (unpaired) electrons. The van der Waals surface area contributed by atoms with E-state index in [1.165, 1.54) is 11.3 Å². The molecule has 158 valence electrons. The molecule has 0 saturated heterocycles. The van der Waals surface area contributed by atoms with Gasteiger partial charge in [0.05, 0.1) is 10.7 Å². The van der Waals surface area contributed by atoms with Gasteiger partial charge in [-0.3, -0.25) is 14.3 Å². The number of amides is 1. The van der Waals surface area contributed by atoms with Gasteiger partial charge in [0, 0.05) is 30.6 Å². The molecule has 1 amide bonds. The summed E-state index contributed by atoms with van der Waals surface area (Å²) in [6.07, 6.45) is 2.24. The van der Waals surface area contributed by atoms with Gasteiger partial charge in [0.25, 0.3) is 0 Å². The first kappa shape index (κ1) is 21.1. The summed E-state index contributed by atoms with van der Waals surface area (Å²) in [6.45, 7) is 4.43. The van der Waals surface area contributed by atoms with Gasteiger partial charge in [-0.15, -0.1) is 21.5 Å². The molecule has 0 atom stereocenters. The first-order valence-corrected chi connectivity index (χ1v) is 12.0. The molecule has 1 aliphatic rings. The number of thioether (sulfide) groups is 1. The molecule has 1 aliphatic carbocycles. The van der Waals surface area contributed by atoms with Crippen molar-refractivity contribution in [3.63, 3.8) is 0 Å². The maximum Gasteiger partial charge on any atom is 0.225 e. The third-order valence-electron chi connectivity index (χ3n) is 4.66. The highest BCUT2D eigenvalue weighted by Gasteiger charge is 2.30. The molecule has 0 unspecified atom stereocenters. The van der Waals surface area contributed by atoms with Crippen molar-refractivity contribution >= 4 is 45.7 Å². The van der Waals surface area contributed by atoms with Gasteiger partial charge in [-0.05, 0) is 31.9 Å². The molecule has 0 bridgehead atoms. The Kier molecular flexibility index (Phi) is 6.60. The van der Waals surface area contributed by atoms with E-state index in [1.54, 1.807) is 29.7 Å². The summed E-state index contributed by atoms with van der Waals surface area (Å²) in [5, 5.41) is 12.9. The normalized spacial score (nSPS) is 13.4. The van der Waals surface area contributed by atoms with Crippen LogP contribution < -0.4 is 9.64 Å². The van der Waals surface area contributed by atoms with Crippen LogP contribution in [0.25, 0.3) is 0 Å². The average Bonchev–Trinajstić information content (AvgIpc) is 3.32. The number of aromatic nitrogens is 4. The lowest BCUT2D eigenvalue weighted by molar-refractivity contribution is -0.116. The Bertz CT molecular complexity index is 1030. The van der Waals surface area contributed by atoms with E-state index < -0.39 is 0 Å². The van der Waals surface area contributed by atoms with Crippen LogP contribution in [0.1, 0.15) is 44.2 Å². The number of carbonyl (C=O) groups excluding carboxylic acids is 1. The SMILES string of the molecule is CCN(C(C)=O)c1nc(CSc2nnc(COc3ccccc3Cl)n2C2CC2)cs1. The lowest BCUT2D eigenvalue weighted by atomic mass is 10.3. The predicted octanol–water partition coefficient (Wildman–Crippen LogP) is 4.97. The van der Waals surface area contributed by atoms with E-state index >= 15 is 0 Å². The smallest absolute Gasteiger partial charge is 0.225 e. The first-order chi connectivity index (χ1) is 14.6. The maximum atomic E-state index is 11.7. The van der Waals surface area contributed by atoms with Crippen molar-refractivity contribution in [2.45, 2.75) is 50.2 Å². The number of anilines is 1. The Hall–Kier alpha value is -2.10. The van der Waals surface area contributed by atoms with E-state index in [2.05, 4.69) is 19.7 Å². The number of rotatable bonds is 9. The van der Waals surface area contributed by atoms with Crippen molar-refractivity contribution in [3.05, 3.63) is 46.2 Å². The van der Waals surface area contributed by atoms with E-state index in [9.17, 15) is 4.79 Å². The summed E-state index contributed by atoms with van der Waals surface area (Å²) in [5.41, 5.74) is 0.930. The molecule has 2 aromatic heterocycles. The van der Waals surface area contributed by atoms with Crippen LogP contribution in [0, 0.1) is 0 Å². The molecular formula is C20H22ClN5O2S2. The van der Waals surface area contributed by atoms with E-state index in [4.69, 9.17) is 16.3 Å². The minimum atomic E-state index is 0.00249. The third kappa shape index (κ3) is 4.79. The number of hydrogen-bond acceptors (Lipinski definition) is 7. The summed E-state index contributed by atoms with van der Waals surface area (Å²) >= 11 is 9.27. The number of para-hydroxylation sites is 1. The number of ether oxygens (including phenoxy) is 1. The van der Waals surface area contributed by atoms with Crippen molar-refractivity contribution in [3.8, 4) is 5.75 Å². The zero-order valence-electron chi connectivity index (χ0n) is 16.7. The van der Waals surface area contributed by atoms with Gasteiger partial charge in [-0.2, -0.15) is 0 Å². The van der Waals surface area contributed by atoms with Crippen molar-refractivity contribution in [2.24, 2.45) is 0 Å². The van der Waals surface area contributed by atoms with E-state index in [1.807, 2.05) is 30.5 Å². The Balaban J connectivity index is 1.43. The van der Waals surface area contributed by atoms with Crippen molar-refractivity contribution in [2.75, 3.05) is 11.4 Å². The molecular weight excluding hydrogens is 442 g/mol. The highest BCUT2D eigenvalue weighted by Crippen LogP contribution is 2.39. The zero-order valence-corrected chi connectivity index (χ0v) is 19.1. The van der Waals surface area contributed by atoms with Gasteiger partial charge in [0.15, 0.2) is 16.1 Å². The molecule has 1 fully saturated rings. The lowest BCUT2D eigenvalue weighted by Gasteiger charge is -2.14. The highest BCUT2D eigenvalue weighted by molar-refractivity contribution is 7.98. The fourth-order valence-electron chi connectivity index (χ4n) is 3.03. The zero-order chi connectivity index (χ0) is 21.1. The molecule has 0 N–H and O–H groups in total. The van der Waals surface area contributed by atoms with Gasteiger partial charge in [0.1, 0.15) is 12.4 Å². The molecule has 1 saturated carbocycles. The maximum absolute atomic E-state index is 11.7. The van der Waals surface area contributed by atoms with Crippen molar-refractivity contribution in [1.82, 2.24) is 19.7 Å². The average molecular weight is 464 g/mol. The largest absolute Gasteiger partial charge is 0.484 e. The van der Waals surface area contributed by atoms with Gasteiger partial charge < -0.3 is 4.74 Å². The van der Waals surface area contributed by atoms with Gasteiger partial charge in [-0.1, -0.05) is 35.5 Å². The van der Waals surface area contributed by atoms with Gasteiger partial charge in [-0.25, -0.2) is 4.98 Å². The number of hydrogen-bond donors (Lipinski definition) is 0. The second kappa shape index (κ2) is 9.36. The molecule has 0 aliphatic heterocycles. The van der Waals surface area contributed by atoms with E-state index in [0.29, 0.717) is 35.7 Å². The highest BCUT2D eigenvalue weighted by atomic mass is 35.5. The second-order valence-electron chi connectivity index (χ2n) is 6.89. The summed E-state index contributed by atoms with van der Waals surface area (Å²) < 4.78 is 8.04. The van der Waals surface area contributed by atoms with Crippen LogP contribution >= 0.6 is 34.7 Å². The molecule has 1 aromatic carbocycles. The number of halogens is 1. The second-order valence-corrected chi connectivity index (χ2v) is 9.08. The van der Waals surface area contributed by atoms with Crippen LogP contribution in [-0.2, 0) is 17.2 Å². The Morgan fingerprint density at radius 2 is 2.17 bits per heavy atom. The molecule has 30 heavy (non-hydrogen) atoms. The number of thiazole rings is 1. The molecule has 4 rings (SSSR count). The summed E-state index contributed by atoms with van der Waals surface area (Å²) in [6, 6.07) is 7.83. The first-order valence-electron chi connectivity index (χ1n) is 9.73. The Morgan fingerprint density at radius 1 is 1.37 bits per heavy atom. The summed E-state index contributed by atoms with van der Waals surface area (Å²) in [4.78, 5) is 18.0. The fraction of sp³-hybridized carbons (Fsp3) is 0.400. The molecule has 7 nitrogen and oxygen atoms in total. The van der Waals surface area contributed by atoms with Crippen LogP contribution in [0.3, 0.4) is 0 Å². The number of nitrogens with zero attached hydrogens (tertiary/aromatic N) is 5. The summed E-state index contributed by atoms with van der Waals surface area (Å²) in [5.74, 6) is 2.11. The molecule has 10 heteroatoms. The van der Waals surface area contributed by atoms with Gasteiger partial charge >= 0.3 is 0 Å². The van der Waals surface area contributed by atoms with Crippen molar-refractivity contribution < 1.29 is 9.53 Å². The molecule has 0 spiro atoms. The molecule has 2 heterocycles. The topological polar surface area (TPSA) is 73.1 Å². The van der Waals surface area contributed by atoms with Crippen LogP contribution in [0.15, 0.2) is 34.8 Å². The quantitative estimate of drug-likeness (QED) is 0.417. The monoisotopic (exact) mass is 463 g/mol. The van der Waals surface area contributed by atoms with Crippen LogP contribution in [-0.4, -0.2) is 32.2 Å². The van der Waals surface area contributed by atoms with E-state index in [-0.39, 0.29) is 5.91 Å². The standard InChI is InChI=1S/C20H22ClN5O2S2/c1-3-25(13(2)27)19-22-14(11-29-19)12-30-20-24-23-18(26(20)15-8-9-15)10-28-17-7-5-4-6-16(17)21/h4-7,11,15H,3,8-10,12H2,1-2H3. The number of carbonyl (C=O) groups is 1. The van der Waals surface area contributed by atoms with Crippen LogP contribution in [0.2, 0.25) is 5.02 Å². The summed E-state index contributed by atoms with van der Waals surface area (Å²) in [7, 11) is 0. The Morgan fingerprint density at radius 3 is 2.87 bits per heavy atom. The minimum absolute atomic E-state index is 0.00249. The van der Waals surface area contributed by atoms with Crippen molar-refractivity contribution in [1.29, 1.82) is 0 Å². The van der Waals surface area contributed by atoms with Gasteiger partial charge in [0.2, 0.25) is 5.91 Å².